The van der Waals surface area contributed by atoms with Crippen molar-refractivity contribution in [3.05, 3.63) is 34.3 Å². The zero-order valence-corrected chi connectivity index (χ0v) is 10.7. The van der Waals surface area contributed by atoms with E-state index in [9.17, 15) is 9.59 Å². The van der Waals surface area contributed by atoms with Gasteiger partial charge < -0.3 is 5.11 Å². The highest BCUT2D eigenvalue weighted by Gasteiger charge is 2.14. The number of amides is 1. The lowest BCUT2D eigenvalue weighted by atomic mass is 10.2. The summed E-state index contributed by atoms with van der Waals surface area (Å²) >= 11 is 1.22. The normalized spacial score (nSPS) is 10.8. The molecular formula is C11H10N4O3S. The second-order valence-electron chi connectivity index (χ2n) is 3.54. The lowest BCUT2D eigenvalue weighted by Gasteiger charge is -2.02. The van der Waals surface area contributed by atoms with Crippen LogP contribution < -0.4 is 5.32 Å². The van der Waals surface area contributed by atoms with E-state index in [4.69, 9.17) is 5.11 Å². The molecule has 2 aromatic heterocycles. The molecule has 0 spiro atoms. The largest absolute Gasteiger partial charge is 0.478 e. The second-order valence-corrected chi connectivity index (χ2v) is 4.45. The quantitative estimate of drug-likeness (QED) is 0.820. The number of carboxylic acids is 1. The molecule has 0 saturated carbocycles. The third-order valence-corrected chi connectivity index (χ3v) is 3.17. The van der Waals surface area contributed by atoms with Crippen LogP contribution in [0.25, 0.3) is 6.08 Å². The Morgan fingerprint density at radius 2 is 2.32 bits per heavy atom. The second kappa shape index (κ2) is 5.44. The molecule has 2 heterocycles. The summed E-state index contributed by atoms with van der Waals surface area (Å²) < 4.78 is 1.43. The molecule has 19 heavy (non-hydrogen) atoms. The average molecular weight is 278 g/mol. The summed E-state index contributed by atoms with van der Waals surface area (Å²) in [6, 6.07) is 1.68. The molecular weight excluding hydrogens is 268 g/mol. The molecule has 2 aromatic rings. The Bertz CT molecular complexity index is 644. The number of anilines is 1. The first-order valence-electron chi connectivity index (χ1n) is 5.22. The Kier molecular flexibility index (Phi) is 3.71. The predicted molar refractivity (Wildman–Crippen MR) is 69.9 cm³/mol. The molecule has 2 rings (SSSR count). The molecule has 0 unspecified atom stereocenters. The summed E-state index contributed by atoms with van der Waals surface area (Å²) in [6.07, 6.45) is 3.70. The van der Waals surface area contributed by atoms with Gasteiger partial charge >= 0.3 is 5.97 Å². The van der Waals surface area contributed by atoms with Gasteiger partial charge in [0, 0.05) is 13.1 Å². The molecule has 1 amide bonds. The first-order chi connectivity index (χ1) is 9.08. The van der Waals surface area contributed by atoms with Crippen LogP contribution in [0.1, 0.15) is 15.2 Å². The van der Waals surface area contributed by atoms with Crippen LogP contribution >= 0.6 is 11.3 Å². The molecule has 0 aromatic carbocycles. The third-order valence-electron chi connectivity index (χ3n) is 2.24. The Hall–Kier alpha value is -2.48. The van der Waals surface area contributed by atoms with E-state index in [1.54, 1.807) is 18.5 Å². The standard InChI is InChI=1S/C11H10N4O3S/c1-15-11(12-6-13-15)14-10(18)9-7(4-5-19-9)2-3-8(16)17/h2-6H,1H3,(H,16,17)(H,12,13,14,18)/b3-2+. The average Bonchev–Trinajstić information content (AvgIpc) is 2.96. The van der Waals surface area contributed by atoms with E-state index < -0.39 is 5.97 Å². The lowest BCUT2D eigenvalue weighted by Crippen LogP contribution is -2.15. The summed E-state index contributed by atoms with van der Waals surface area (Å²) in [7, 11) is 1.66. The lowest BCUT2D eigenvalue weighted by molar-refractivity contribution is -0.131. The van der Waals surface area contributed by atoms with Crippen LogP contribution in [0.3, 0.4) is 0 Å². The van der Waals surface area contributed by atoms with Crippen LogP contribution in [0.2, 0.25) is 0 Å². The van der Waals surface area contributed by atoms with Crippen molar-refractivity contribution in [2.24, 2.45) is 7.05 Å². The number of carboxylic acid groups (broad SMARTS) is 1. The van der Waals surface area contributed by atoms with Crippen LogP contribution in [0.4, 0.5) is 5.95 Å². The van der Waals surface area contributed by atoms with Crippen molar-refractivity contribution in [3.8, 4) is 0 Å². The van der Waals surface area contributed by atoms with Gasteiger partial charge in [-0.05, 0) is 23.1 Å². The molecule has 98 valence electrons. The van der Waals surface area contributed by atoms with Crippen LogP contribution in [0.15, 0.2) is 23.8 Å². The zero-order chi connectivity index (χ0) is 13.8. The van der Waals surface area contributed by atoms with Gasteiger partial charge in [-0.2, -0.15) is 10.1 Å². The van der Waals surface area contributed by atoms with E-state index >= 15 is 0 Å². The number of hydrogen-bond acceptors (Lipinski definition) is 5. The van der Waals surface area contributed by atoms with Crippen molar-refractivity contribution < 1.29 is 14.7 Å². The minimum Gasteiger partial charge on any atom is -0.478 e. The number of aryl methyl sites for hydroxylation is 1. The first-order valence-corrected chi connectivity index (χ1v) is 6.09. The molecule has 0 aliphatic heterocycles. The number of hydrogen-bond donors (Lipinski definition) is 2. The zero-order valence-electron chi connectivity index (χ0n) is 9.90. The fourth-order valence-electron chi connectivity index (χ4n) is 1.36. The number of carbonyl (C=O) groups excluding carboxylic acids is 1. The predicted octanol–water partition coefficient (Wildman–Crippen LogP) is 1.23. The topological polar surface area (TPSA) is 97.1 Å². The van der Waals surface area contributed by atoms with Gasteiger partial charge in [-0.3, -0.25) is 10.1 Å². The van der Waals surface area contributed by atoms with Gasteiger partial charge in [-0.15, -0.1) is 11.3 Å². The summed E-state index contributed by atoms with van der Waals surface area (Å²) in [4.78, 5) is 26.8. The molecule has 0 aliphatic carbocycles. The number of aliphatic carboxylic acids is 1. The maximum Gasteiger partial charge on any atom is 0.328 e. The smallest absolute Gasteiger partial charge is 0.328 e. The van der Waals surface area contributed by atoms with Gasteiger partial charge in [-0.1, -0.05) is 0 Å². The van der Waals surface area contributed by atoms with E-state index in [1.807, 2.05) is 0 Å². The number of nitrogens with one attached hydrogen (secondary N) is 1. The van der Waals surface area contributed by atoms with Crippen molar-refractivity contribution in [2.75, 3.05) is 5.32 Å². The maximum atomic E-state index is 12.0. The van der Waals surface area contributed by atoms with E-state index in [1.165, 1.54) is 28.4 Å². The number of aromatic nitrogens is 3. The fourth-order valence-corrected chi connectivity index (χ4v) is 2.14. The molecule has 0 fully saturated rings. The van der Waals surface area contributed by atoms with E-state index in [0.717, 1.165) is 6.08 Å². The monoisotopic (exact) mass is 278 g/mol. The minimum absolute atomic E-state index is 0.326. The molecule has 7 nitrogen and oxygen atoms in total. The highest BCUT2D eigenvalue weighted by Crippen LogP contribution is 2.19. The summed E-state index contributed by atoms with van der Waals surface area (Å²) in [5.41, 5.74) is 0.548. The number of rotatable bonds is 4. The number of carbonyl (C=O) groups is 2. The Labute approximate surface area is 112 Å². The minimum atomic E-state index is -1.06. The molecule has 0 aliphatic rings. The SMILES string of the molecule is Cn1ncnc1NC(=O)c1sccc1/C=C/C(=O)O. The van der Waals surface area contributed by atoms with E-state index in [0.29, 0.717) is 16.4 Å². The van der Waals surface area contributed by atoms with Crippen molar-refractivity contribution in [1.82, 2.24) is 14.8 Å². The number of nitrogens with zero attached hydrogens (tertiary/aromatic N) is 3. The van der Waals surface area contributed by atoms with Gasteiger partial charge in [0.25, 0.3) is 5.91 Å². The third kappa shape index (κ3) is 3.05. The van der Waals surface area contributed by atoms with Gasteiger partial charge in [0.05, 0.1) is 4.88 Å². The first kappa shape index (κ1) is 13.0. The maximum absolute atomic E-state index is 12.0. The van der Waals surface area contributed by atoms with E-state index in [2.05, 4.69) is 15.4 Å². The number of thiophene rings is 1. The molecule has 0 bridgehead atoms. The molecule has 8 heteroatoms. The van der Waals surface area contributed by atoms with Crippen LogP contribution in [-0.2, 0) is 11.8 Å². The van der Waals surface area contributed by atoms with E-state index in [-0.39, 0.29) is 5.91 Å². The fraction of sp³-hybridized carbons (Fsp3) is 0.0909. The highest BCUT2D eigenvalue weighted by atomic mass is 32.1. The Morgan fingerprint density at radius 3 is 2.95 bits per heavy atom. The Morgan fingerprint density at radius 1 is 1.53 bits per heavy atom. The van der Waals surface area contributed by atoms with Crippen LogP contribution in [0, 0.1) is 0 Å². The van der Waals surface area contributed by atoms with Crippen molar-refractivity contribution in [1.29, 1.82) is 0 Å². The van der Waals surface area contributed by atoms with Gasteiger partial charge in [0.1, 0.15) is 6.33 Å². The van der Waals surface area contributed by atoms with Gasteiger partial charge in [-0.25, -0.2) is 9.48 Å². The highest BCUT2D eigenvalue weighted by molar-refractivity contribution is 7.12. The summed E-state index contributed by atoms with van der Waals surface area (Å²) in [5.74, 6) is -1.09. The molecule has 2 N–H and O–H groups in total. The van der Waals surface area contributed by atoms with Gasteiger partial charge in [0.2, 0.25) is 5.95 Å². The van der Waals surface area contributed by atoms with Crippen molar-refractivity contribution in [3.63, 3.8) is 0 Å². The van der Waals surface area contributed by atoms with Gasteiger partial charge in [0.15, 0.2) is 0 Å². The van der Waals surface area contributed by atoms with Crippen molar-refractivity contribution in [2.45, 2.75) is 0 Å². The molecule has 0 saturated heterocycles. The van der Waals surface area contributed by atoms with Crippen LogP contribution in [-0.4, -0.2) is 31.7 Å². The molecule has 0 radical (unpaired) electrons. The molecule has 0 atom stereocenters. The van der Waals surface area contributed by atoms with Crippen LogP contribution in [0.5, 0.6) is 0 Å². The Balaban J connectivity index is 2.18. The summed E-state index contributed by atoms with van der Waals surface area (Å²) in [6.45, 7) is 0. The summed E-state index contributed by atoms with van der Waals surface area (Å²) in [5, 5.41) is 16.7. The van der Waals surface area contributed by atoms with Crippen molar-refractivity contribution >= 4 is 35.2 Å².